The zero-order chi connectivity index (χ0) is 42.2. The number of nitriles is 1. The summed E-state index contributed by atoms with van der Waals surface area (Å²) in [6.07, 6.45) is 9.94. The summed E-state index contributed by atoms with van der Waals surface area (Å²) in [6.45, 7) is 5.00. The fraction of sp³-hybridized carbons (Fsp3) is 0.432. The lowest BCUT2D eigenvalue weighted by atomic mass is 9.92. The van der Waals surface area contributed by atoms with Gasteiger partial charge in [0, 0.05) is 82.3 Å². The Hall–Kier alpha value is -6.54. The lowest BCUT2D eigenvalue weighted by Gasteiger charge is -2.39. The first-order chi connectivity index (χ1) is 29.6. The highest BCUT2D eigenvalue weighted by Gasteiger charge is 2.45. The van der Waals surface area contributed by atoms with Crippen LogP contribution in [0.3, 0.4) is 0 Å². The highest BCUT2D eigenvalue weighted by atomic mass is 19.1. The van der Waals surface area contributed by atoms with Crippen molar-refractivity contribution in [1.82, 2.24) is 35.4 Å². The van der Waals surface area contributed by atoms with E-state index in [2.05, 4.69) is 41.5 Å². The predicted molar refractivity (Wildman–Crippen MR) is 219 cm³/mol. The van der Waals surface area contributed by atoms with Gasteiger partial charge in [-0.3, -0.25) is 44.1 Å². The molecular weight excluding hydrogens is 784 g/mol. The van der Waals surface area contributed by atoms with Crippen LogP contribution < -0.4 is 25.2 Å². The fourth-order valence-corrected chi connectivity index (χ4v) is 9.29. The first-order valence-electron chi connectivity index (χ1n) is 21.0. The summed E-state index contributed by atoms with van der Waals surface area (Å²) in [5.41, 5.74) is 1.81. The van der Waals surface area contributed by atoms with Gasteiger partial charge >= 0.3 is 0 Å². The zero-order valence-corrected chi connectivity index (χ0v) is 33.5. The average molecular weight is 829 g/mol. The standard InChI is InChI=1S/C44H45FN10O6/c45-34-20-32-33(43(60)55(42(32)59)35-8-10-38(56)51-41(35)58)21-36(34)53-18-16-52(17-19-53)25-26-11-14-54(15-12-26)44-48-23-28(24-49-44)40(57)50-29-4-6-30(7-5-29)61-37-9-3-27(22-46)39-31(37)2-1-13-47-39/h1-3,9,13,20-21,23-24,26,29-30,35H,4-8,10-12,14-19,25H2,(H,50,57)(H,51,56,58)/t29-,30-,35?. The molecule has 314 valence electrons. The highest BCUT2D eigenvalue weighted by molar-refractivity contribution is 6.23. The number of hydrogen-bond donors (Lipinski definition) is 2. The molecule has 0 bridgehead atoms. The maximum atomic E-state index is 15.4. The van der Waals surface area contributed by atoms with Crippen molar-refractivity contribution < 1.29 is 33.1 Å². The van der Waals surface area contributed by atoms with E-state index in [1.165, 1.54) is 6.07 Å². The molecule has 2 N–H and O–H groups in total. The highest BCUT2D eigenvalue weighted by Crippen LogP contribution is 2.34. The summed E-state index contributed by atoms with van der Waals surface area (Å²) in [7, 11) is 0. The van der Waals surface area contributed by atoms with Gasteiger partial charge in [-0.25, -0.2) is 14.4 Å². The van der Waals surface area contributed by atoms with E-state index >= 15 is 4.39 Å². The topological polar surface area (TPSA) is 194 Å². The molecule has 5 aliphatic rings. The number of piperazine rings is 1. The Kier molecular flexibility index (Phi) is 11.0. The molecule has 0 spiro atoms. The van der Waals surface area contributed by atoms with Gasteiger partial charge in [0.05, 0.1) is 39.6 Å². The SMILES string of the molecule is N#Cc1ccc(O[C@H]2CC[C@H](NC(=O)c3cnc(N4CCC(CN5CCN(c6cc7c(cc6F)C(=O)N(C6CCC(=O)NC6=O)C7=O)CC5)CC4)nc3)CC2)c2cccnc12. The number of halogens is 1. The van der Waals surface area contributed by atoms with Crippen LogP contribution in [-0.2, 0) is 9.59 Å². The Labute approximate surface area is 351 Å². The molecule has 2 aromatic carbocycles. The lowest BCUT2D eigenvalue weighted by molar-refractivity contribution is -0.136. The third-order valence-electron chi connectivity index (χ3n) is 12.7. The number of ether oxygens (including phenoxy) is 1. The molecule has 9 rings (SSSR count). The molecule has 4 aliphatic heterocycles. The van der Waals surface area contributed by atoms with Gasteiger partial charge in [-0.1, -0.05) is 0 Å². The van der Waals surface area contributed by atoms with E-state index in [0.717, 1.165) is 74.5 Å². The fourth-order valence-electron chi connectivity index (χ4n) is 9.29. The van der Waals surface area contributed by atoms with E-state index in [9.17, 15) is 29.2 Å². The molecule has 5 amide bonds. The third kappa shape index (κ3) is 8.07. The summed E-state index contributed by atoms with van der Waals surface area (Å²) in [5.74, 6) is -1.56. The second kappa shape index (κ2) is 16.8. The molecule has 1 unspecified atom stereocenters. The number of piperidine rings is 2. The van der Waals surface area contributed by atoms with E-state index in [1.54, 1.807) is 24.7 Å². The first kappa shape index (κ1) is 39.9. The van der Waals surface area contributed by atoms with Crippen LogP contribution in [0.4, 0.5) is 16.0 Å². The molecule has 61 heavy (non-hydrogen) atoms. The zero-order valence-electron chi connectivity index (χ0n) is 33.5. The maximum Gasteiger partial charge on any atom is 0.262 e. The summed E-state index contributed by atoms with van der Waals surface area (Å²) >= 11 is 0. The molecule has 17 heteroatoms. The molecule has 2 aromatic heterocycles. The number of amides is 5. The summed E-state index contributed by atoms with van der Waals surface area (Å²) < 4.78 is 21.8. The van der Waals surface area contributed by atoms with E-state index in [1.807, 2.05) is 23.1 Å². The number of carbonyl (C=O) groups excluding carboxylic acids is 5. The minimum atomic E-state index is -1.10. The second-order valence-electron chi connectivity index (χ2n) is 16.5. The lowest BCUT2D eigenvalue weighted by Crippen LogP contribution is -2.54. The molecule has 1 atom stereocenters. The number of carbonyl (C=O) groups is 5. The van der Waals surface area contributed by atoms with Crippen molar-refractivity contribution in [2.75, 3.05) is 55.6 Å². The van der Waals surface area contributed by atoms with Crippen molar-refractivity contribution in [3.63, 3.8) is 0 Å². The number of benzene rings is 2. The molecule has 4 aromatic rings. The van der Waals surface area contributed by atoms with E-state index < -0.39 is 35.5 Å². The average Bonchev–Trinajstić information content (AvgIpc) is 3.51. The Balaban J connectivity index is 0.709. The van der Waals surface area contributed by atoms with Crippen LogP contribution >= 0.6 is 0 Å². The van der Waals surface area contributed by atoms with Crippen LogP contribution in [0.1, 0.15) is 88.0 Å². The molecule has 0 radical (unpaired) electrons. The van der Waals surface area contributed by atoms with Crippen LogP contribution in [-0.4, -0.2) is 118 Å². The van der Waals surface area contributed by atoms with Gasteiger partial charge in [0.1, 0.15) is 23.7 Å². The van der Waals surface area contributed by atoms with Crippen molar-refractivity contribution in [2.24, 2.45) is 5.92 Å². The van der Waals surface area contributed by atoms with Gasteiger partial charge < -0.3 is 19.9 Å². The molecule has 3 saturated heterocycles. The van der Waals surface area contributed by atoms with Gasteiger partial charge in [-0.15, -0.1) is 0 Å². The largest absolute Gasteiger partial charge is 0.490 e. The molecular formula is C44H45FN10O6. The van der Waals surface area contributed by atoms with Gasteiger partial charge in [0.2, 0.25) is 17.8 Å². The van der Waals surface area contributed by atoms with Gasteiger partial charge in [-0.05, 0) is 87.3 Å². The number of aromatic nitrogens is 3. The molecule has 6 heterocycles. The third-order valence-corrected chi connectivity index (χ3v) is 12.7. The summed E-state index contributed by atoms with van der Waals surface area (Å²) in [4.78, 5) is 84.3. The molecule has 1 aliphatic carbocycles. The van der Waals surface area contributed by atoms with E-state index in [0.29, 0.717) is 60.4 Å². The number of hydrogen-bond acceptors (Lipinski definition) is 13. The normalized spacial score (nSPS) is 22.6. The number of nitrogens with one attached hydrogen (secondary N) is 2. The quantitative estimate of drug-likeness (QED) is 0.233. The van der Waals surface area contributed by atoms with Crippen LogP contribution in [0.15, 0.2) is 55.0 Å². The summed E-state index contributed by atoms with van der Waals surface area (Å²) in [6, 6.07) is 10.9. The monoisotopic (exact) mass is 828 g/mol. The van der Waals surface area contributed by atoms with Crippen LogP contribution in [0.2, 0.25) is 0 Å². The van der Waals surface area contributed by atoms with Crippen LogP contribution in [0.25, 0.3) is 10.9 Å². The Bertz CT molecular complexity index is 2440. The van der Waals surface area contributed by atoms with Crippen molar-refractivity contribution in [2.45, 2.75) is 69.6 Å². The Morgan fingerprint density at radius 2 is 1.59 bits per heavy atom. The van der Waals surface area contributed by atoms with Crippen molar-refractivity contribution in [3.8, 4) is 11.8 Å². The van der Waals surface area contributed by atoms with Crippen molar-refractivity contribution in [1.29, 1.82) is 5.26 Å². The number of nitrogens with zero attached hydrogens (tertiary/aromatic N) is 8. The number of fused-ring (bicyclic) bond motifs is 2. The molecule has 16 nitrogen and oxygen atoms in total. The second-order valence-corrected chi connectivity index (χ2v) is 16.5. The summed E-state index contributed by atoms with van der Waals surface area (Å²) in [5, 5.41) is 15.6. The number of pyridine rings is 1. The molecule has 4 fully saturated rings. The van der Waals surface area contributed by atoms with Crippen LogP contribution in [0.5, 0.6) is 5.75 Å². The van der Waals surface area contributed by atoms with Crippen LogP contribution in [0, 0.1) is 23.1 Å². The molecule has 1 saturated carbocycles. The maximum absolute atomic E-state index is 15.4. The minimum absolute atomic E-state index is 0.00148. The van der Waals surface area contributed by atoms with E-state index in [4.69, 9.17) is 4.74 Å². The number of anilines is 2. The predicted octanol–water partition coefficient (Wildman–Crippen LogP) is 3.60. The Morgan fingerprint density at radius 1 is 0.869 bits per heavy atom. The van der Waals surface area contributed by atoms with E-state index in [-0.39, 0.29) is 47.7 Å². The first-order valence-corrected chi connectivity index (χ1v) is 21.0. The number of rotatable bonds is 9. The van der Waals surface area contributed by atoms with Gasteiger partial charge in [0.25, 0.3) is 17.7 Å². The smallest absolute Gasteiger partial charge is 0.262 e. The van der Waals surface area contributed by atoms with Gasteiger partial charge in [0.15, 0.2) is 0 Å². The Morgan fingerprint density at radius 3 is 2.30 bits per heavy atom. The minimum Gasteiger partial charge on any atom is -0.490 e. The van der Waals surface area contributed by atoms with Gasteiger partial charge in [-0.2, -0.15) is 5.26 Å². The van der Waals surface area contributed by atoms with Crippen molar-refractivity contribution >= 4 is 52.1 Å². The van der Waals surface area contributed by atoms with Crippen molar-refractivity contribution in [3.05, 3.63) is 83.1 Å². The number of imide groups is 2.